The van der Waals surface area contributed by atoms with E-state index >= 15 is 0 Å². The molecule has 32 heavy (non-hydrogen) atoms. The summed E-state index contributed by atoms with van der Waals surface area (Å²) in [5, 5.41) is 9.95. The van der Waals surface area contributed by atoms with Gasteiger partial charge in [0.25, 0.3) is 0 Å². The lowest BCUT2D eigenvalue weighted by Gasteiger charge is -2.19. The number of carboxylic acid groups (broad SMARTS) is 1. The van der Waals surface area contributed by atoms with Crippen molar-refractivity contribution in [2.24, 2.45) is 0 Å². The Hall–Kier alpha value is -3.36. The van der Waals surface area contributed by atoms with Crippen LogP contribution >= 0.6 is 23.2 Å². The van der Waals surface area contributed by atoms with Crippen molar-refractivity contribution < 1.29 is 14.6 Å². The highest BCUT2D eigenvalue weighted by Gasteiger charge is 2.21. The van der Waals surface area contributed by atoms with Crippen molar-refractivity contribution in [3.05, 3.63) is 69.6 Å². The summed E-state index contributed by atoms with van der Waals surface area (Å²) in [7, 11) is 0. The third-order valence-corrected chi connectivity index (χ3v) is 5.73. The molecule has 4 rings (SSSR count). The van der Waals surface area contributed by atoms with Gasteiger partial charge in [-0.1, -0.05) is 29.3 Å². The Balaban J connectivity index is 1.88. The van der Waals surface area contributed by atoms with Crippen LogP contribution in [0.5, 0.6) is 5.75 Å². The molecule has 10 heteroatoms. The Morgan fingerprint density at radius 1 is 1.28 bits per heavy atom. The molecule has 0 aliphatic heterocycles. The van der Waals surface area contributed by atoms with Crippen LogP contribution in [0.4, 0.5) is 5.82 Å². The van der Waals surface area contributed by atoms with Crippen LogP contribution in [0.1, 0.15) is 34.4 Å². The van der Waals surface area contributed by atoms with Gasteiger partial charge in [0.15, 0.2) is 11.0 Å². The molecule has 164 valence electrons. The number of nitrogens with two attached hydrogens (primary N) is 1. The molecule has 0 amide bonds. The van der Waals surface area contributed by atoms with E-state index in [9.17, 15) is 4.79 Å². The largest absolute Gasteiger partial charge is 0.493 e. The van der Waals surface area contributed by atoms with Crippen molar-refractivity contribution in [1.29, 1.82) is 0 Å². The average Bonchev–Trinajstić information content (AvgIpc) is 3.08. The van der Waals surface area contributed by atoms with Crippen LogP contribution in [0.3, 0.4) is 0 Å². The average molecular weight is 472 g/mol. The molecule has 1 aromatic carbocycles. The van der Waals surface area contributed by atoms with Gasteiger partial charge in [-0.25, -0.2) is 19.7 Å². The first-order chi connectivity index (χ1) is 15.3. The second-order valence-electron chi connectivity index (χ2n) is 7.04. The SMILES string of the molecule is CCOc1c(Cc2nc(Cl)c3c(N)nccn23)cc(Cl)c(C)c1-c1ccc(C(=O)O)nc1. The summed E-state index contributed by atoms with van der Waals surface area (Å²) < 4.78 is 7.83. The normalized spacial score (nSPS) is 11.1. The van der Waals surface area contributed by atoms with Crippen LogP contribution in [0.25, 0.3) is 16.6 Å². The van der Waals surface area contributed by atoms with Gasteiger partial charge in [0.1, 0.15) is 22.8 Å². The number of ether oxygens (including phenoxy) is 1. The van der Waals surface area contributed by atoms with E-state index in [-0.39, 0.29) is 16.7 Å². The minimum atomic E-state index is -1.10. The van der Waals surface area contributed by atoms with Gasteiger partial charge < -0.3 is 15.6 Å². The summed E-state index contributed by atoms with van der Waals surface area (Å²) in [6, 6.07) is 4.98. The van der Waals surface area contributed by atoms with Gasteiger partial charge in [0.2, 0.25) is 0 Å². The first kappa shape index (κ1) is 21.9. The van der Waals surface area contributed by atoms with E-state index in [1.807, 2.05) is 19.9 Å². The molecule has 0 saturated heterocycles. The number of rotatable bonds is 6. The molecule has 3 N–H and O–H groups in total. The van der Waals surface area contributed by atoms with E-state index in [2.05, 4.69) is 15.0 Å². The predicted molar refractivity (Wildman–Crippen MR) is 123 cm³/mol. The van der Waals surface area contributed by atoms with Gasteiger partial charge in [0, 0.05) is 46.7 Å². The number of carbonyl (C=O) groups is 1. The predicted octanol–water partition coefficient (Wildman–Crippen LogP) is 4.68. The summed E-state index contributed by atoms with van der Waals surface area (Å²) in [5.74, 6) is 0.454. The third kappa shape index (κ3) is 3.83. The fourth-order valence-electron chi connectivity index (χ4n) is 3.61. The molecule has 0 saturated carbocycles. The van der Waals surface area contributed by atoms with Crippen LogP contribution < -0.4 is 10.5 Å². The standard InChI is InChI=1S/C22H19Cl2N5O3/c1-3-32-19-13(9-16-28-20(24)18-21(25)26-6-7-29(16)18)8-14(23)11(2)17(19)12-4-5-15(22(30)31)27-10-12/h4-8,10H,3,9H2,1-2H3,(H2,25,26)(H,30,31). The molecule has 0 aliphatic rings. The van der Waals surface area contributed by atoms with Crippen molar-refractivity contribution in [2.75, 3.05) is 12.3 Å². The molecule has 3 aromatic heterocycles. The molecular weight excluding hydrogens is 453 g/mol. The second kappa shape index (κ2) is 8.64. The molecule has 0 spiro atoms. The lowest BCUT2D eigenvalue weighted by Crippen LogP contribution is -2.05. The number of nitrogens with zero attached hydrogens (tertiary/aromatic N) is 4. The number of hydrogen-bond donors (Lipinski definition) is 2. The number of anilines is 1. The van der Waals surface area contributed by atoms with Crippen LogP contribution in [-0.4, -0.2) is 37.0 Å². The molecule has 0 radical (unpaired) electrons. The maximum absolute atomic E-state index is 11.2. The van der Waals surface area contributed by atoms with E-state index in [1.54, 1.807) is 22.9 Å². The van der Waals surface area contributed by atoms with Crippen molar-refractivity contribution >= 4 is 40.5 Å². The maximum Gasteiger partial charge on any atom is 0.354 e. The van der Waals surface area contributed by atoms with Crippen molar-refractivity contribution in [3.8, 4) is 16.9 Å². The minimum Gasteiger partial charge on any atom is -0.493 e. The minimum absolute atomic E-state index is 0.0451. The number of aromatic carboxylic acids is 1. The smallest absolute Gasteiger partial charge is 0.354 e. The summed E-state index contributed by atoms with van der Waals surface area (Å²) in [6.07, 6.45) is 5.19. The summed E-state index contributed by atoms with van der Waals surface area (Å²) >= 11 is 12.9. The molecule has 3 heterocycles. The molecule has 0 aliphatic carbocycles. The number of imidazole rings is 1. The Morgan fingerprint density at radius 3 is 2.72 bits per heavy atom. The first-order valence-corrected chi connectivity index (χ1v) is 10.5. The highest BCUT2D eigenvalue weighted by molar-refractivity contribution is 6.33. The highest BCUT2D eigenvalue weighted by atomic mass is 35.5. The van der Waals surface area contributed by atoms with Crippen LogP contribution in [0.15, 0.2) is 36.8 Å². The molecular formula is C22H19Cl2N5O3. The summed E-state index contributed by atoms with van der Waals surface area (Å²) in [6.45, 7) is 4.18. The number of fused-ring (bicyclic) bond motifs is 1. The Morgan fingerprint density at radius 2 is 2.06 bits per heavy atom. The number of benzene rings is 1. The van der Waals surface area contributed by atoms with Crippen LogP contribution in [0, 0.1) is 6.92 Å². The Kier molecular flexibility index (Phi) is 5.90. The summed E-state index contributed by atoms with van der Waals surface area (Å²) in [4.78, 5) is 23.8. The number of halogens is 2. The lowest BCUT2D eigenvalue weighted by atomic mass is 9.95. The van der Waals surface area contributed by atoms with Gasteiger partial charge in [0.05, 0.1) is 6.61 Å². The number of hydrogen-bond acceptors (Lipinski definition) is 6. The number of pyridine rings is 1. The first-order valence-electron chi connectivity index (χ1n) is 9.73. The lowest BCUT2D eigenvalue weighted by molar-refractivity contribution is 0.0690. The zero-order chi connectivity index (χ0) is 23.0. The van der Waals surface area contributed by atoms with E-state index in [4.69, 9.17) is 38.8 Å². The van der Waals surface area contributed by atoms with Gasteiger partial charge in [-0.3, -0.25) is 4.40 Å². The van der Waals surface area contributed by atoms with Crippen LogP contribution in [0.2, 0.25) is 10.2 Å². The van der Waals surface area contributed by atoms with Gasteiger partial charge in [-0.05, 0) is 31.5 Å². The van der Waals surface area contributed by atoms with Crippen molar-refractivity contribution in [2.45, 2.75) is 20.3 Å². The van der Waals surface area contributed by atoms with Crippen molar-refractivity contribution in [3.63, 3.8) is 0 Å². The van der Waals surface area contributed by atoms with Crippen molar-refractivity contribution in [1.82, 2.24) is 19.4 Å². The quantitative estimate of drug-likeness (QED) is 0.419. The highest BCUT2D eigenvalue weighted by Crippen LogP contribution is 2.41. The van der Waals surface area contributed by atoms with Gasteiger partial charge in [-0.15, -0.1) is 0 Å². The molecule has 0 bridgehead atoms. The second-order valence-corrected chi connectivity index (χ2v) is 7.81. The molecule has 0 atom stereocenters. The molecule has 0 unspecified atom stereocenters. The molecule has 0 fully saturated rings. The number of carboxylic acids is 1. The zero-order valence-corrected chi connectivity index (χ0v) is 18.8. The van der Waals surface area contributed by atoms with Gasteiger partial charge in [-0.2, -0.15) is 0 Å². The van der Waals surface area contributed by atoms with Gasteiger partial charge >= 0.3 is 5.97 Å². The fraction of sp³-hybridized carbons (Fsp3) is 0.182. The molecule has 8 nitrogen and oxygen atoms in total. The Bertz CT molecular complexity index is 1340. The summed E-state index contributed by atoms with van der Waals surface area (Å²) in [5.41, 5.74) is 9.48. The maximum atomic E-state index is 11.2. The van der Waals surface area contributed by atoms with E-state index in [0.717, 1.165) is 16.7 Å². The van der Waals surface area contributed by atoms with E-state index in [1.165, 1.54) is 12.3 Å². The van der Waals surface area contributed by atoms with E-state index < -0.39 is 5.97 Å². The molecule has 4 aromatic rings. The zero-order valence-electron chi connectivity index (χ0n) is 17.3. The monoisotopic (exact) mass is 471 g/mol. The number of nitrogen functional groups attached to an aromatic ring is 1. The topological polar surface area (TPSA) is 116 Å². The Labute approximate surface area is 193 Å². The fourth-order valence-corrected chi connectivity index (χ4v) is 4.12. The number of aromatic nitrogens is 4. The van der Waals surface area contributed by atoms with Crippen LogP contribution in [-0.2, 0) is 6.42 Å². The van der Waals surface area contributed by atoms with E-state index in [0.29, 0.717) is 40.7 Å². The third-order valence-electron chi connectivity index (χ3n) is 5.08.